The summed E-state index contributed by atoms with van der Waals surface area (Å²) in [5, 5.41) is 0. The van der Waals surface area contributed by atoms with Crippen molar-refractivity contribution in [2.45, 2.75) is 71.0 Å². The van der Waals surface area contributed by atoms with Crippen molar-refractivity contribution in [2.75, 3.05) is 39.8 Å². The molecule has 1 aromatic carbocycles. The second-order valence-corrected chi connectivity index (χ2v) is 11.1. The SMILES string of the molecule is COC(=O)c1ccc(OC(CCCCCN2CCN(C(=O)OC(C)(C)C)CC2)C2CC2)c(Br)c1. The lowest BCUT2D eigenvalue weighted by molar-refractivity contribution is 0.0144. The number of nitrogens with zero attached hydrogens (tertiary/aromatic N) is 2. The predicted molar refractivity (Wildman–Crippen MR) is 135 cm³/mol. The van der Waals surface area contributed by atoms with E-state index in [0.29, 0.717) is 11.5 Å². The van der Waals surface area contributed by atoms with Gasteiger partial charge in [0.15, 0.2) is 0 Å². The number of rotatable bonds is 10. The van der Waals surface area contributed by atoms with Crippen molar-refractivity contribution in [3.63, 3.8) is 0 Å². The molecule has 1 saturated heterocycles. The first-order valence-electron chi connectivity index (χ1n) is 12.4. The fourth-order valence-corrected chi connectivity index (χ4v) is 4.67. The van der Waals surface area contributed by atoms with Crippen molar-refractivity contribution in [3.8, 4) is 5.75 Å². The van der Waals surface area contributed by atoms with Gasteiger partial charge < -0.3 is 19.1 Å². The van der Waals surface area contributed by atoms with E-state index in [-0.39, 0.29) is 18.2 Å². The lowest BCUT2D eigenvalue weighted by Gasteiger charge is -2.35. The number of carbonyl (C=O) groups excluding carboxylic acids is 2. The molecule has 1 saturated carbocycles. The molecule has 0 radical (unpaired) electrons. The Morgan fingerprint density at radius 2 is 1.79 bits per heavy atom. The molecule has 190 valence electrons. The molecule has 0 bridgehead atoms. The number of amides is 1. The molecule has 8 heteroatoms. The molecule has 1 heterocycles. The molecule has 1 unspecified atom stereocenters. The summed E-state index contributed by atoms with van der Waals surface area (Å²) < 4.78 is 17.4. The fourth-order valence-electron chi connectivity index (χ4n) is 4.20. The molecule has 1 atom stereocenters. The van der Waals surface area contributed by atoms with Crippen LogP contribution in [0.4, 0.5) is 4.79 Å². The molecule has 34 heavy (non-hydrogen) atoms. The number of esters is 1. The van der Waals surface area contributed by atoms with Crippen LogP contribution in [0, 0.1) is 5.92 Å². The van der Waals surface area contributed by atoms with E-state index in [9.17, 15) is 9.59 Å². The van der Waals surface area contributed by atoms with Gasteiger partial charge in [-0.25, -0.2) is 9.59 Å². The van der Waals surface area contributed by atoms with Crippen LogP contribution in [-0.2, 0) is 9.47 Å². The first kappa shape index (κ1) is 26.8. The minimum Gasteiger partial charge on any atom is -0.489 e. The van der Waals surface area contributed by atoms with Crippen molar-refractivity contribution in [1.29, 1.82) is 0 Å². The van der Waals surface area contributed by atoms with Gasteiger partial charge in [0.25, 0.3) is 0 Å². The Morgan fingerprint density at radius 3 is 2.38 bits per heavy atom. The van der Waals surface area contributed by atoms with Crippen LogP contribution >= 0.6 is 15.9 Å². The summed E-state index contributed by atoms with van der Waals surface area (Å²) in [6.07, 6.45) is 6.97. The summed E-state index contributed by atoms with van der Waals surface area (Å²) in [5.74, 6) is 1.07. The highest BCUT2D eigenvalue weighted by Crippen LogP contribution is 2.39. The van der Waals surface area contributed by atoms with E-state index in [0.717, 1.165) is 62.2 Å². The molecular weight excluding hydrogens is 500 g/mol. The first-order chi connectivity index (χ1) is 16.2. The first-order valence-corrected chi connectivity index (χ1v) is 13.2. The molecule has 1 aromatic rings. The third-order valence-corrected chi connectivity index (χ3v) is 6.89. The van der Waals surface area contributed by atoms with E-state index in [4.69, 9.17) is 14.2 Å². The summed E-state index contributed by atoms with van der Waals surface area (Å²) in [6.45, 7) is 10.0. The highest BCUT2D eigenvalue weighted by atomic mass is 79.9. The Hall–Kier alpha value is -1.80. The number of halogens is 1. The van der Waals surface area contributed by atoms with E-state index < -0.39 is 5.60 Å². The van der Waals surface area contributed by atoms with Crippen molar-refractivity contribution < 1.29 is 23.8 Å². The molecule has 0 N–H and O–H groups in total. The number of benzene rings is 1. The molecule has 3 rings (SSSR count). The fraction of sp³-hybridized carbons (Fsp3) is 0.692. The van der Waals surface area contributed by atoms with Crippen molar-refractivity contribution >= 4 is 28.0 Å². The lowest BCUT2D eigenvalue weighted by atomic mass is 10.1. The van der Waals surface area contributed by atoms with E-state index in [1.807, 2.05) is 31.7 Å². The van der Waals surface area contributed by atoms with E-state index in [1.54, 1.807) is 12.1 Å². The van der Waals surface area contributed by atoms with Gasteiger partial charge in [0.2, 0.25) is 0 Å². The molecule has 0 aromatic heterocycles. The number of hydrogen-bond donors (Lipinski definition) is 0. The molecular formula is C26H39BrN2O5. The third-order valence-electron chi connectivity index (χ3n) is 6.27. The smallest absolute Gasteiger partial charge is 0.410 e. The summed E-state index contributed by atoms with van der Waals surface area (Å²) in [5.41, 5.74) is 0.0652. The molecule has 0 spiro atoms. The Kier molecular flexibility index (Phi) is 9.65. The Morgan fingerprint density at radius 1 is 1.09 bits per heavy atom. The van der Waals surface area contributed by atoms with Gasteiger partial charge in [0, 0.05) is 26.2 Å². The maximum absolute atomic E-state index is 12.2. The number of carbonyl (C=O) groups is 2. The predicted octanol–water partition coefficient (Wildman–Crippen LogP) is 5.51. The molecule has 1 aliphatic carbocycles. The van der Waals surface area contributed by atoms with Crippen LogP contribution in [0.25, 0.3) is 0 Å². The number of hydrogen-bond acceptors (Lipinski definition) is 6. The maximum Gasteiger partial charge on any atom is 0.410 e. The summed E-state index contributed by atoms with van der Waals surface area (Å²) in [7, 11) is 1.38. The number of unbranched alkanes of at least 4 members (excludes halogenated alkanes) is 2. The van der Waals surface area contributed by atoms with Crippen LogP contribution in [0.5, 0.6) is 5.75 Å². The van der Waals surface area contributed by atoms with Crippen LogP contribution in [0.15, 0.2) is 22.7 Å². The van der Waals surface area contributed by atoms with Gasteiger partial charge in [-0.05, 0) is 99.5 Å². The van der Waals surface area contributed by atoms with Crippen molar-refractivity contribution in [2.24, 2.45) is 5.92 Å². The van der Waals surface area contributed by atoms with E-state index >= 15 is 0 Å². The topological polar surface area (TPSA) is 68.3 Å². The lowest BCUT2D eigenvalue weighted by Crippen LogP contribution is -2.50. The molecule has 2 fully saturated rings. The number of piperazine rings is 1. The largest absolute Gasteiger partial charge is 0.489 e. The highest BCUT2D eigenvalue weighted by molar-refractivity contribution is 9.10. The number of ether oxygens (including phenoxy) is 3. The van der Waals surface area contributed by atoms with Gasteiger partial charge in [0.05, 0.1) is 17.1 Å². The van der Waals surface area contributed by atoms with Crippen LogP contribution in [-0.4, -0.2) is 73.4 Å². The van der Waals surface area contributed by atoms with Gasteiger partial charge in [-0.15, -0.1) is 0 Å². The standard InChI is InChI=1S/C26H39BrN2O5/c1-26(2,3)34-25(31)29-16-14-28(15-17-29)13-7-5-6-8-22(19-9-10-19)33-23-12-11-20(18-21(23)27)24(30)32-4/h11-12,18-19,22H,5-10,13-17H2,1-4H3. The Balaban J connectivity index is 1.35. The summed E-state index contributed by atoms with van der Waals surface area (Å²) in [6, 6.07) is 5.36. The van der Waals surface area contributed by atoms with E-state index in [1.165, 1.54) is 26.4 Å². The summed E-state index contributed by atoms with van der Waals surface area (Å²) in [4.78, 5) is 28.2. The van der Waals surface area contributed by atoms with Gasteiger partial charge in [-0.3, -0.25) is 4.90 Å². The third kappa shape index (κ3) is 8.45. The Labute approximate surface area is 212 Å². The molecule has 2 aliphatic rings. The van der Waals surface area contributed by atoms with Gasteiger partial charge in [-0.2, -0.15) is 0 Å². The second-order valence-electron chi connectivity index (χ2n) is 10.3. The maximum atomic E-state index is 12.2. The highest BCUT2D eigenvalue weighted by Gasteiger charge is 2.33. The summed E-state index contributed by atoms with van der Waals surface area (Å²) >= 11 is 3.54. The number of methoxy groups -OCH3 is 1. The molecule has 7 nitrogen and oxygen atoms in total. The van der Waals surface area contributed by atoms with Crippen LogP contribution < -0.4 is 4.74 Å². The minimum atomic E-state index is -0.446. The van der Waals surface area contributed by atoms with Gasteiger partial charge in [-0.1, -0.05) is 6.42 Å². The monoisotopic (exact) mass is 538 g/mol. The Bertz CT molecular complexity index is 829. The average Bonchev–Trinajstić information content (AvgIpc) is 3.63. The van der Waals surface area contributed by atoms with Gasteiger partial charge in [0.1, 0.15) is 17.5 Å². The van der Waals surface area contributed by atoms with Crippen LogP contribution in [0.1, 0.15) is 69.7 Å². The zero-order chi connectivity index (χ0) is 24.7. The van der Waals surface area contributed by atoms with Gasteiger partial charge >= 0.3 is 12.1 Å². The molecule has 1 aliphatic heterocycles. The van der Waals surface area contributed by atoms with Crippen LogP contribution in [0.3, 0.4) is 0 Å². The zero-order valence-corrected chi connectivity index (χ0v) is 22.6. The average molecular weight is 540 g/mol. The van der Waals surface area contributed by atoms with Crippen molar-refractivity contribution in [3.05, 3.63) is 28.2 Å². The zero-order valence-electron chi connectivity index (χ0n) is 21.0. The normalized spacial score (nSPS) is 17.9. The minimum absolute atomic E-state index is 0.204. The van der Waals surface area contributed by atoms with E-state index in [2.05, 4.69) is 20.8 Å². The second kappa shape index (κ2) is 12.2. The van der Waals surface area contributed by atoms with Crippen molar-refractivity contribution in [1.82, 2.24) is 9.80 Å². The molecule has 1 amide bonds. The quantitative estimate of drug-likeness (QED) is 0.289. The van der Waals surface area contributed by atoms with Crippen LogP contribution in [0.2, 0.25) is 0 Å².